The van der Waals surface area contributed by atoms with E-state index in [9.17, 15) is 13.6 Å². The Hall–Kier alpha value is -3.93. The third-order valence-corrected chi connectivity index (χ3v) is 8.19. The number of rotatable bonds is 11. The maximum Gasteiger partial charge on any atom is 0.329 e. The summed E-state index contributed by atoms with van der Waals surface area (Å²) in [6.45, 7) is 0.591. The Labute approximate surface area is 255 Å². The molecule has 5 aromatic rings. The largest absolute Gasteiger partial charge is 0.760 e. The molecule has 11 heteroatoms. The number of hydrogen-bond acceptors (Lipinski definition) is 6. The van der Waals surface area contributed by atoms with E-state index in [0.29, 0.717) is 33.9 Å². The molecule has 5 rings (SSSR count). The number of halogens is 1. The number of urea groups is 1. The van der Waals surface area contributed by atoms with Gasteiger partial charge in [0.1, 0.15) is 15.8 Å². The van der Waals surface area contributed by atoms with Crippen molar-refractivity contribution in [3.05, 3.63) is 130 Å². The van der Waals surface area contributed by atoms with Crippen molar-refractivity contribution in [1.29, 1.82) is 0 Å². The number of anilines is 2. The van der Waals surface area contributed by atoms with Crippen molar-refractivity contribution < 1.29 is 13.6 Å². The first-order valence-corrected chi connectivity index (χ1v) is 15.4. The highest BCUT2D eigenvalue weighted by Gasteiger charge is 2.23. The van der Waals surface area contributed by atoms with Gasteiger partial charge in [-0.15, -0.1) is 0 Å². The van der Waals surface area contributed by atoms with E-state index < -0.39 is 11.3 Å². The summed E-state index contributed by atoms with van der Waals surface area (Å²) in [7, 11) is 0. The molecule has 0 saturated heterocycles. The number of carbonyl (C=O) groups excluding carboxylic acids is 1. The summed E-state index contributed by atoms with van der Waals surface area (Å²) in [6, 6.07) is 32.8. The molecule has 2 heterocycles. The molecule has 0 spiro atoms. The van der Waals surface area contributed by atoms with Gasteiger partial charge in [0.15, 0.2) is 5.13 Å². The maximum atomic E-state index is 13.7. The van der Waals surface area contributed by atoms with Gasteiger partial charge in [-0.3, -0.25) is 14.4 Å². The van der Waals surface area contributed by atoms with Gasteiger partial charge in [0.05, 0.1) is 0 Å². The highest BCUT2D eigenvalue weighted by Crippen LogP contribution is 2.36. The molecule has 0 aliphatic heterocycles. The monoisotopic (exact) mass is 616 g/mol. The van der Waals surface area contributed by atoms with Crippen LogP contribution >= 0.6 is 22.9 Å². The van der Waals surface area contributed by atoms with Crippen molar-refractivity contribution in [3.63, 3.8) is 0 Å². The second-order valence-corrected chi connectivity index (χ2v) is 11.7. The Bertz CT molecular complexity index is 1580. The van der Waals surface area contributed by atoms with E-state index in [2.05, 4.69) is 44.3 Å². The van der Waals surface area contributed by atoms with Gasteiger partial charge >= 0.3 is 6.03 Å². The minimum Gasteiger partial charge on any atom is -0.760 e. The number of nitrogens with one attached hydrogen (secondary N) is 2. The Morgan fingerprint density at radius 1 is 0.929 bits per heavy atom. The van der Waals surface area contributed by atoms with Gasteiger partial charge < -0.3 is 4.55 Å². The van der Waals surface area contributed by atoms with Crippen LogP contribution in [0.1, 0.15) is 29.0 Å². The Morgan fingerprint density at radius 3 is 2.17 bits per heavy atom. The van der Waals surface area contributed by atoms with Crippen LogP contribution in [-0.4, -0.2) is 31.3 Å². The number of pyridine rings is 1. The third kappa shape index (κ3) is 7.67. The summed E-state index contributed by atoms with van der Waals surface area (Å²) in [5.74, 6) is 0.611. The van der Waals surface area contributed by atoms with Crippen molar-refractivity contribution in [1.82, 2.24) is 14.7 Å². The van der Waals surface area contributed by atoms with Crippen molar-refractivity contribution in [2.75, 3.05) is 16.8 Å². The van der Waals surface area contributed by atoms with Crippen LogP contribution < -0.4 is 14.9 Å². The molecule has 1 atom stereocenters. The molecular formula is C31H27ClN5O3S2-. The summed E-state index contributed by atoms with van der Waals surface area (Å²) in [6.07, 6.45) is 2.33. The van der Waals surface area contributed by atoms with E-state index in [1.807, 2.05) is 60.7 Å². The molecule has 8 nitrogen and oxygen atoms in total. The fourth-order valence-corrected chi connectivity index (χ4v) is 5.96. The standard InChI is InChI=1S/C31H28ClN5O3S2/c32-29-28(25-16-14-22(15-17-25)21-34-42(39)40)35-30(41-29)36-31(38)37(27-13-7-8-19-33-27)20-18-26(23-9-3-1-4-10-23)24-11-5-2-6-12-24/h1-17,19,26,34H,18,20-21H2,(H,39,40)(H,35,36,38)/p-1. The first-order chi connectivity index (χ1) is 20.5. The lowest BCUT2D eigenvalue weighted by Gasteiger charge is -2.25. The molecular weight excluding hydrogens is 590 g/mol. The maximum absolute atomic E-state index is 13.7. The molecule has 2 N–H and O–H groups in total. The molecule has 3 aromatic carbocycles. The first-order valence-electron chi connectivity index (χ1n) is 13.2. The summed E-state index contributed by atoms with van der Waals surface area (Å²) >= 11 is 5.36. The molecule has 0 radical (unpaired) electrons. The minimum atomic E-state index is -2.34. The lowest BCUT2D eigenvalue weighted by molar-refractivity contribution is 0.256. The summed E-state index contributed by atoms with van der Waals surface area (Å²) in [4.78, 5) is 24.3. The van der Waals surface area contributed by atoms with Crippen molar-refractivity contribution in [2.24, 2.45) is 0 Å². The number of hydrogen-bond donors (Lipinski definition) is 2. The first kappa shape index (κ1) is 29.6. The Morgan fingerprint density at radius 2 is 1.57 bits per heavy atom. The van der Waals surface area contributed by atoms with Gasteiger partial charge in [0, 0.05) is 42.0 Å². The van der Waals surface area contributed by atoms with Gasteiger partial charge in [-0.05, 0) is 35.2 Å². The van der Waals surface area contributed by atoms with Crippen LogP contribution in [0.15, 0.2) is 109 Å². The van der Waals surface area contributed by atoms with Crippen LogP contribution in [0.3, 0.4) is 0 Å². The highest BCUT2D eigenvalue weighted by atomic mass is 35.5. The van der Waals surface area contributed by atoms with E-state index in [1.165, 1.54) is 22.5 Å². The Kier molecular flexibility index (Phi) is 10.1. The number of benzene rings is 3. The molecule has 214 valence electrons. The smallest absolute Gasteiger partial charge is 0.329 e. The quantitative estimate of drug-likeness (QED) is 0.155. The van der Waals surface area contributed by atoms with E-state index >= 15 is 0 Å². The molecule has 2 amide bonds. The van der Waals surface area contributed by atoms with E-state index in [4.69, 9.17) is 11.6 Å². The van der Waals surface area contributed by atoms with Crippen LogP contribution in [0, 0.1) is 0 Å². The predicted octanol–water partition coefficient (Wildman–Crippen LogP) is 7.00. The molecule has 0 fully saturated rings. The highest BCUT2D eigenvalue weighted by molar-refractivity contribution is 7.77. The normalized spacial score (nSPS) is 11.8. The van der Waals surface area contributed by atoms with Crippen LogP contribution in [0.5, 0.6) is 0 Å². The van der Waals surface area contributed by atoms with Crippen molar-refractivity contribution >= 4 is 51.2 Å². The number of amides is 2. The molecule has 1 unspecified atom stereocenters. The molecule has 0 aliphatic carbocycles. The van der Waals surface area contributed by atoms with E-state index in [-0.39, 0.29) is 18.5 Å². The van der Waals surface area contributed by atoms with Gasteiger partial charge in [-0.2, -0.15) is 0 Å². The fraction of sp³-hybridized carbons (Fsp3) is 0.129. The average molecular weight is 617 g/mol. The topological polar surface area (TPSA) is 110 Å². The number of carbonyl (C=O) groups is 1. The third-order valence-electron chi connectivity index (χ3n) is 6.64. The molecule has 0 aliphatic rings. The van der Waals surface area contributed by atoms with E-state index in [1.54, 1.807) is 29.3 Å². The number of thiazole rings is 1. The van der Waals surface area contributed by atoms with Crippen molar-refractivity contribution in [3.8, 4) is 11.3 Å². The summed E-state index contributed by atoms with van der Waals surface area (Å²) < 4.78 is 24.3. The van der Waals surface area contributed by atoms with Gasteiger partial charge in [-0.1, -0.05) is 114 Å². The molecule has 0 saturated carbocycles. The predicted molar refractivity (Wildman–Crippen MR) is 168 cm³/mol. The Balaban J connectivity index is 1.34. The SMILES string of the molecule is O=C(Nc1nc(-c2ccc(CNS(=O)[O-])cc2)c(Cl)s1)N(CCC(c1ccccc1)c1ccccc1)c1ccccn1. The van der Waals surface area contributed by atoms with Crippen LogP contribution in [-0.2, 0) is 17.8 Å². The zero-order valence-corrected chi connectivity index (χ0v) is 24.7. The van der Waals surface area contributed by atoms with Crippen LogP contribution in [0.25, 0.3) is 11.3 Å². The minimum absolute atomic E-state index is 0.0825. The van der Waals surface area contributed by atoms with Crippen molar-refractivity contribution in [2.45, 2.75) is 18.9 Å². The van der Waals surface area contributed by atoms with Crippen LogP contribution in [0.4, 0.5) is 15.7 Å². The number of nitrogens with zero attached hydrogens (tertiary/aromatic N) is 3. The second-order valence-electron chi connectivity index (χ2n) is 9.33. The fourth-order valence-electron chi connectivity index (χ4n) is 4.60. The summed E-state index contributed by atoms with van der Waals surface area (Å²) in [5, 5.41) is 3.27. The zero-order chi connectivity index (χ0) is 29.3. The molecule has 2 aromatic heterocycles. The second kappa shape index (κ2) is 14.3. The lowest BCUT2D eigenvalue weighted by atomic mass is 9.88. The average Bonchev–Trinajstić information content (AvgIpc) is 3.39. The van der Waals surface area contributed by atoms with E-state index in [0.717, 1.165) is 11.1 Å². The number of aromatic nitrogens is 2. The van der Waals surface area contributed by atoms with Gasteiger partial charge in [0.25, 0.3) is 0 Å². The molecule has 0 bridgehead atoms. The summed E-state index contributed by atoms with van der Waals surface area (Å²) in [5.41, 5.74) is 4.41. The zero-order valence-electron chi connectivity index (χ0n) is 22.4. The van der Waals surface area contributed by atoms with Gasteiger partial charge in [0.2, 0.25) is 0 Å². The molecule has 42 heavy (non-hydrogen) atoms. The lowest BCUT2D eigenvalue weighted by Crippen LogP contribution is -2.37. The van der Waals surface area contributed by atoms with Gasteiger partial charge in [-0.25, -0.2) is 19.5 Å². The van der Waals surface area contributed by atoms with Crippen LogP contribution in [0.2, 0.25) is 4.34 Å².